The molecule has 1 heterocycles. The number of rotatable bonds is 3. The minimum atomic E-state index is -0.464. The lowest BCUT2D eigenvalue weighted by molar-refractivity contribution is -0.659. The number of halogens is 1. The van der Waals surface area contributed by atoms with E-state index in [-0.39, 0.29) is 11.1 Å². The number of hydrogen-bond acceptors (Lipinski definition) is 3. The molecule has 6 nitrogen and oxygen atoms in total. The van der Waals surface area contributed by atoms with Crippen molar-refractivity contribution in [2.75, 3.05) is 0 Å². The average molecular weight is 373 g/mol. The van der Waals surface area contributed by atoms with E-state index in [1.807, 2.05) is 30.3 Å². The molecule has 0 radical (unpaired) electrons. The zero-order valence-corrected chi connectivity index (χ0v) is 13.4. The van der Waals surface area contributed by atoms with Crippen LogP contribution >= 0.6 is 15.9 Å². The van der Waals surface area contributed by atoms with Gasteiger partial charge in [-0.2, -0.15) is 5.10 Å². The first-order chi connectivity index (χ1) is 11.1. The summed E-state index contributed by atoms with van der Waals surface area (Å²) in [5.41, 5.74) is 1.92. The highest BCUT2D eigenvalue weighted by molar-refractivity contribution is 9.10. The van der Waals surface area contributed by atoms with Crippen LogP contribution in [0.5, 0.6) is 0 Å². The molecule has 3 rings (SSSR count). The van der Waals surface area contributed by atoms with Crippen molar-refractivity contribution in [1.29, 1.82) is 0 Å². The lowest BCUT2D eigenvalue weighted by Crippen LogP contribution is -2.39. The van der Waals surface area contributed by atoms with Crippen LogP contribution in [0.1, 0.15) is 0 Å². The van der Waals surface area contributed by atoms with Crippen molar-refractivity contribution < 1.29 is 9.61 Å². The van der Waals surface area contributed by atoms with Crippen molar-refractivity contribution in [2.24, 2.45) is 0 Å². The van der Waals surface area contributed by atoms with Gasteiger partial charge < -0.3 is 0 Å². The Balaban J connectivity index is 2.12. The second kappa shape index (κ2) is 6.13. The fraction of sp³-hybridized carbons (Fsp3) is 0. The zero-order valence-electron chi connectivity index (χ0n) is 11.8. The molecule has 0 spiro atoms. The number of nitrogens with one attached hydrogen (secondary N) is 1. The highest BCUT2D eigenvalue weighted by Crippen LogP contribution is 2.22. The summed E-state index contributed by atoms with van der Waals surface area (Å²) in [6, 6.07) is 15.4. The van der Waals surface area contributed by atoms with Crippen LogP contribution in [0, 0.1) is 10.1 Å². The van der Waals surface area contributed by atoms with Crippen molar-refractivity contribution in [1.82, 2.24) is 5.10 Å². The molecule has 0 fully saturated rings. The number of hydrogen-bond donors (Lipinski definition) is 1. The molecule has 0 aliphatic rings. The van der Waals surface area contributed by atoms with Crippen molar-refractivity contribution in [3.63, 3.8) is 0 Å². The van der Waals surface area contributed by atoms with Gasteiger partial charge in [-0.05, 0) is 15.9 Å². The minimum absolute atomic E-state index is 0.00269. The van der Waals surface area contributed by atoms with Gasteiger partial charge in [-0.25, -0.2) is 0 Å². The normalized spacial score (nSPS) is 10.5. The molecule has 2 aromatic carbocycles. The van der Waals surface area contributed by atoms with Crippen LogP contribution in [0.3, 0.4) is 0 Å². The van der Waals surface area contributed by atoms with E-state index in [9.17, 15) is 14.9 Å². The highest BCUT2D eigenvalue weighted by Gasteiger charge is 2.17. The molecule has 23 heavy (non-hydrogen) atoms. The van der Waals surface area contributed by atoms with Crippen LogP contribution in [-0.2, 0) is 0 Å². The van der Waals surface area contributed by atoms with E-state index >= 15 is 0 Å². The molecule has 0 unspecified atom stereocenters. The third kappa shape index (κ3) is 3.04. The van der Waals surface area contributed by atoms with E-state index in [0.29, 0.717) is 15.9 Å². The summed E-state index contributed by atoms with van der Waals surface area (Å²) in [5.74, 6) is 0. The van der Waals surface area contributed by atoms with Crippen LogP contribution in [0.15, 0.2) is 70.1 Å². The number of non-ortho nitro benzene ring substituents is 1. The maximum absolute atomic E-state index is 12.2. The van der Waals surface area contributed by atoms with Crippen LogP contribution in [-0.4, -0.2) is 10.0 Å². The zero-order chi connectivity index (χ0) is 16.4. The number of aromatic nitrogens is 2. The largest absolute Gasteiger partial charge is 0.282 e. The number of benzene rings is 2. The summed E-state index contributed by atoms with van der Waals surface area (Å²) in [5, 5.41) is 13.9. The van der Waals surface area contributed by atoms with Crippen molar-refractivity contribution >= 4 is 21.6 Å². The van der Waals surface area contributed by atoms with E-state index in [0.717, 1.165) is 5.56 Å². The van der Waals surface area contributed by atoms with E-state index in [2.05, 4.69) is 21.0 Å². The number of aromatic amines is 1. The summed E-state index contributed by atoms with van der Waals surface area (Å²) in [4.78, 5) is 22.4. The Kier molecular flexibility index (Phi) is 4.03. The maximum atomic E-state index is 12.2. The molecule has 0 aliphatic carbocycles. The van der Waals surface area contributed by atoms with Gasteiger partial charge in [0, 0.05) is 29.8 Å². The predicted octanol–water partition coefficient (Wildman–Crippen LogP) is 2.99. The number of nitrogens with zero attached hydrogens (tertiary/aromatic N) is 2. The Hall–Kier alpha value is -2.80. The van der Waals surface area contributed by atoms with Crippen LogP contribution in [0.2, 0.25) is 0 Å². The van der Waals surface area contributed by atoms with Gasteiger partial charge in [0.25, 0.3) is 11.1 Å². The minimum Gasteiger partial charge on any atom is -0.282 e. The fourth-order valence-electron chi connectivity index (χ4n) is 2.17. The van der Waals surface area contributed by atoms with Gasteiger partial charge in [-0.1, -0.05) is 35.0 Å². The SMILES string of the molecule is O=c1c[n+](-c2ccc([N+](=O)[O-])cc2)[nH]c(-c2ccccc2)c1Br. The lowest BCUT2D eigenvalue weighted by atomic mass is 10.1. The number of nitro groups is 1. The summed E-state index contributed by atoms with van der Waals surface area (Å²) in [7, 11) is 0. The molecule has 0 aliphatic heterocycles. The third-order valence-corrected chi connectivity index (χ3v) is 4.10. The molecule has 0 bridgehead atoms. The smallest absolute Gasteiger partial charge is 0.269 e. The Bertz CT molecular complexity index is 922. The number of nitro benzene ring substituents is 1. The van der Waals surface area contributed by atoms with Gasteiger partial charge in [0.1, 0.15) is 10.2 Å². The Morgan fingerprint density at radius 1 is 1.04 bits per heavy atom. The quantitative estimate of drug-likeness (QED) is 0.436. The van der Waals surface area contributed by atoms with E-state index in [1.165, 1.54) is 18.3 Å². The standard InChI is InChI=1S/C16H10BrN3O3/c17-15-14(21)10-19(12-6-8-13(9-7-12)20(22)23)18-16(15)11-4-2-1-3-5-11/h1-10H/p+1. The first-order valence-corrected chi connectivity index (χ1v) is 7.50. The second-order valence-corrected chi connectivity index (χ2v) is 5.60. The molecule has 0 amide bonds. The topological polar surface area (TPSA) is 79.9 Å². The molecule has 3 aromatic rings. The van der Waals surface area contributed by atoms with E-state index in [1.54, 1.807) is 16.8 Å². The van der Waals surface area contributed by atoms with Crippen LogP contribution in [0.4, 0.5) is 5.69 Å². The fourth-order valence-corrected chi connectivity index (χ4v) is 2.59. The van der Waals surface area contributed by atoms with Gasteiger partial charge in [-0.3, -0.25) is 14.9 Å². The second-order valence-electron chi connectivity index (χ2n) is 4.80. The van der Waals surface area contributed by atoms with E-state index < -0.39 is 4.92 Å². The first-order valence-electron chi connectivity index (χ1n) is 6.71. The summed E-state index contributed by atoms with van der Waals surface area (Å²) in [6.45, 7) is 0. The van der Waals surface area contributed by atoms with Crippen molar-refractivity contribution in [3.05, 3.63) is 85.6 Å². The molecule has 0 saturated carbocycles. The van der Waals surface area contributed by atoms with Crippen LogP contribution < -0.4 is 10.1 Å². The molecule has 0 saturated heterocycles. The van der Waals surface area contributed by atoms with Gasteiger partial charge in [0.2, 0.25) is 11.9 Å². The summed E-state index contributed by atoms with van der Waals surface area (Å²) < 4.78 is 1.97. The lowest BCUT2D eigenvalue weighted by Gasteiger charge is -2.03. The summed E-state index contributed by atoms with van der Waals surface area (Å²) in [6.07, 6.45) is 1.39. The van der Waals surface area contributed by atoms with E-state index in [4.69, 9.17) is 0 Å². The Labute approximate surface area is 139 Å². The van der Waals surface area contributed by atoms with Gasteiger partial charge in [0.05, 0.1) is 4.92 Å². The first kappa shape index (κ1) is 15.1. The van der Waals surface area contributed by atoms with Gasteiger partial charge in [0.15, 0.2) is 0 Å². The molecule has 7 heteroatoms. The Morgan fingerprint density at radius 3 is 2.30 bits per heavy atom. The predicted molar refractivity (Wildman–Crippen MR) is 88.4 cm³/mol. The van der Waals surface area contributed by atoms with Gasteiger partial charge >= 0.3 is 0 Å². The van der Waals surface area contributed by atoms with Crippen molar-refractivity contribution in [2.45, 2.75) is 0 Å². The summed E-state index contributed by atoms with van der Waals surface area (Å²) >= 11 is 3.31. The monoisotopic (exact) mass is 372 g/mol. The van der Waals surface area contributed by atoms with Crippen molar-refractivity contribution in [3.8, 4) is 16.9 Å². The maximum Gasteiger partial charge on any atom is 0.269 e. The average Bonchev–Trinajstić information content (AvgIpc) is 2.58. The molecule has 1 aromatic heterocycles. The number of H-pyrrole nitrogens is 1. The van der Waals surface area contributed by atoms with Crippen LogP contribution in [0.25, 0.3) is 16.9 Å². The molecule has 1 N–H and O–H groups in total. The molecule has 0 atom stereocenters. The molecule has 114 valence electrons. The van der Waals surface area contributed by atoms with Gasteiger partial charge in [-0.15, -0.1) is 0 Å². The molecular formula is C16H11BrN3O3+. The third-order valence-electron chi connectivity index (χ3n) is 3.32. The Morgan fingerprint density at radius 2 is 1.70 bits per heavy atom. The highest BCUT2D eigenvalue weighted by atomic mass is 79.9. The molecular weight excluding hydrogens is 362 g/mol.